The average molecular weight is 238 g/mol. The van der Waals surface area contributed by atoms with Gasteiger partial charge < -0.3 is 11.8 Å². The monoisotopic (exact) mass is 238 g/mol. The van der Waals surface area contributed by atoms with Crippen LogP contribution in [0.2, 0.25) is 0 Å². The maximum atomic E-state index is 6.25. The minimum atomic E-state index is 0. The Morgan fingerprint density at radius 3 is 1.47 bits per heavy atom. The molecular weight excluding hydrogens is 230 g/mol. The maximum absolute atomic E-state index is 6.25. The first-order valence-corrected chi connectivity index (χ1v) is 4.01. The molecule has 3 nitrogen and oxygen atoms in total. The van der Waals surface area contributed by atoms with Crippen LogP contribution >= 0.6 is 0 Å². The van der Waals surface area contributed by atoms with E-state index in [0.29, 0.717) is 0 Å². The fraction of sp³-hybridized carbons (Fsp3) is 0. The van der Waals surface area contributed by atoms with E-state index in [-0.39, 0.29) is 17.1 Å². The molecule has 0 aliphatic rings. The van der Waals surface area contributed by atoms with Gasteiger partial charge in [0.05, 0.1) is 11.4 Å². The van der Waals surface area contributed by atoms with E-state index in [1.165, 1.54) is 0 Å². The molecule has 0 N–H and O–H groups in total. The largest absolute Gasteiger partial charge is 0.512 e. The smallest absolute Gasteiger partial charge is 0.0886 e. The zero-order valence-corrected chi connectivity index (χ0v) is 8.92. The Morgan fingerprint density at radius 1 is 0.800 bits per heavy atom. The number of hydrogen-bond acceptors (Lipinski definition) is 3. The van der Waals surface area contributed by atoms with Crippen LogP contribution in [0.1, 0.15) is 0 Å². The van der Waals surface area contributed by atoms with Crippen LogP contribution < -0.4 is 0 Å². The number of hydrogen-bond donors (Lipinski definition) is 0. The van der Waals surface area contributed by atoms with E-state index < -0.39 is 0 Å². The van der Waals surface area contributed by atoms with Crippen molar-refractivity contribution in [1.82, 2.24) is 9.97 Å². The van der Waals surface area contributed by atoms with Gasteiger partial charge in [-0.2, -0.15) is 0 Å². The van der Waals surface area contributed by atoms with E-state index in [1.54, 1.807) is 12.4 Å². The van der Waals surface area contributed by atoms with Crippen molar-refractivity contribution >= 4 is 0 Å². The van der Waals surface area contributed by atoms with Gasteiger partial charge in [0.15, 0.2) is 0 Å². The van der Waals surface area contributed by atoms with Gasteiger partial charge in [-0.1, -0.05) is 12.1 Å². The molecular formula is C11H8FeN3-. The molecule has 0 spiro atoms. The summed E-state index contributed by atoms with van der Waals surface area (Å²) in [5, 5.41) is 6.25. The molecule has 15 heavy (non-hydrogen) atoms. The fourth-order valence-corrected chi connectivity index (χ4v) is 1.03. The molecule has 0 saturated carbocycles. The predicted molar refractivity (Wildman–Crippen MR) is 52.4 cm³/mol. The third-order valence-electron chi connectivity index (χ3n) is 1.59. The number of nitrogens with zero attached hydrogens (tertiary/aromatic N) is 3. The topological polar surface area (TPSA) is 49.6 Å². The molecule has 0 aliphatic carbocycles. The van der Waals surface area contributed by atoms with Crippen LogP contribution in [0.5, 0.6) is 0 Å². The van der Waals surface area contributed by atoms with Crippen molar-refractivity contribution in [1.29, 1.82) is 5.26 Å². The summed E-state index contributed by atoms with van der Waals surface area (Å²) in [6.45, 7) is 4.75. The molecule has 0 unspecified atom stereocenters. The molecule has 0 atom stereocenters. The van der Waals surface area contributed by atoms with E-state index in [9.17, 15) is 0 Å². The van der Waals surface area contributed by atoms with Gasteiger partial charge in [0.2, 0.25) is 0 Å². The molecule has 0 fully saturated rings. The first-order valence-electron chi connectivity index (χ1n) is 4.01. The van der Waals surface area contributed by atoms with E-state index in [4.69, 9.17) is 11.8 Å². The summed E-state index contributed by atoms with van der Waals surface area (Å²) in [5.41, 5.74) is 1.83. The molecule has 2 rings (SSSR count). The first-order chi connectivity index (χ1) is 6.97. The van der Waals surface area contributed by atoms with Crippen LogP contribution in [0.15, 0.2) is 48.8 Å². The molecule has 0 radical (unpaired) electrons. The van der Waals surface area contributed by atoms with Gasteiger partial charge in [0, 0.05) is 29.5 Å². The fourth-order valence-electron chi connectivity index (χ4n) is 1.03. The Labute approximate surface area is 99.3 Å². The van der Waals surface area contributed by atoms with Crippen molar-refractivity contribution in [2.24, 2.45) is 0 Å². The third-order valence-corrected chi connectivity index (χ3v) is 1.59. The van der Waals surface area contributed by atoms with Gasteiger partial charge in [0.1, 0.15) is 0 Å². The summed E-state index contributed by atoms with van der Waals surface area (Å²) in [6.07, 6.45) is 3.54. The summed E-state index contributed by atoms with van der Waals surface area (Å²) in [5.74, 6) is 0. The van der Waals surface area contributed by atoms with Crippen LogP contribution in [0.3, 0.4) is 0 Å². The zero-order chi connectivity index (χ0) is 10.2. The Balaban J connectivity index is 0.000000617. The molecule has 0 aliphatic heterocycles. The quantitative estimate of drug-likeness (QED) is 0.565. The van der Waals surface area contributed by atoms with Gasteiger partial charge >= 0.3 is 0 Å². The molecule has 0 bridgehead atoms. The Morgan fingerprint density at radius 2 is 1.20 bits per heavy atom. The van der Waals surface area contributed by atoms with Crippen molar-refractivity contribution < 1.29 is 17.1 Å². The van der Waals surface area contributed by atoms with Crippen molar-refractivity contribution in [3.05, 3.63) is 55.4 Å². The number of pyridine rings is 2. The van der Waals surface area contributed by atoms with Crippen LogP contribution in [0, 0.1) is 11.8 Å². The van der Waals surface area contributed by atoms with Crippen LogP contribution in [-0.2, 0) is 17.1 Å². The standard InChI is InChI=1S/C10H8N2.CN.Fe/c1-3-7-11-9(5-1)10-6-2-4-8-12-10;1-2;/h1-8H;;/q;-1;. The van der Waals surface area contributed by atoms with Crippen LogP contribution in [-0.4, -0.2) is 9.97 Å². The minimum Gasteiger partial charge on any atom is -0.512 e. The molecule has 2 aromatic heterocycles. The minimum absolute atomic E-state index is 0. The Kier molecular flexibility index (Phi) is 6.82. The second kappa shape index (κ2) is 7.69. The summed E-state index contributed by atoms with van der Waals surface area (Å²) in [6, 6.07) is 11.6. The Hall–Kier alpha value is -1.69. The van der Waals surface area contributed by atoms with Gasteiger partial charge in [-0.05, 0) is 24.3 Å². The average Bonchev–Trinajstić information content (AvgIpc) is 2.34. The van der Waals surface area contributed by atoms with Gasteiger partial charge in [0.25, 0.3) is 0 Å². The molecule has 76 valence electrons. The van der Waals surface area contributed by atoms with Crippen molar-refractivity contribution in [3.63, 3.8) is 0 Å². The van der Waals surface area contributed by atoms with Crippen molar-refractivity contribution in [2.45, 2.75) is 0 Å². The number of aromatic nitrogens is 2. The Bertz CT molecular complexity index is 349. The summed E-state index contributed by atoms with van der Waals surface area (Å²) >= 11 is 0. The van der Waals surface area contributed by atoms with Crippen LogP contribution in [0.4, 0.5) is 0 Å². The second-order valence-corrected chi connectivity index (χ2v) is 2.43. The third kappa shape index (κ3) is 3.90. The van der Waals surface area contributed by atoms with Gasteiger partial charge in [-0.15, -0.1) is 0 Å². The molecule has 4 heteroatoms. The van der Waals surface area contributed by atoms with Crippen molar-refractivity contribution in [3.8, 4) is 11.4 Å². The first kappa shape index (κ1) is 13.3. The normalized spacial score (nSPS) is 7.87. The summed E-state index contributed by atoms with van der Waals surface area (Å²) in [7, 11) is 0. The number of rotatable bonds is 1. The maximum Gasteiger partial charge on any atom is 0.0886 e. The van der Waals surface area contributed by atoms with Crippen molar-refractivity contribution in [2.75, 3.05) is 0 Å². The molecule has 2 heterocycles. The van der Waals surface area contributed by atoms with Gasteiger partial charge in [-0.25, -0.2) is 0 Å². The van der Waals surface area contributed by atoms with E-state index in [2.05, 4.69) is 9.97 Å². The summed E-state index contributed by atoms with van der Waals surface area (Å²) in [4.78, 5) is 8.37. The molecule has 2 aromatic rings. The molecule has 0 saturated heterocycles. The van der Waals surface area contributed by atoms with Gasteiger partial charge in [-0.3, -0.25) is 9.97 Å². The summed E-state index contributed by atoms with van der Waals surface area (Å²) < 4.78 is 0. The molecule has 0 amide bonds. The predicted octanol–water partition coefficient (Wildman–Crippen LogP) is 2.24. The van der Waals surface area contributed by atoms with E-state index in [0.717, 1.165) is 11.4 Å². The SMILES string of the molecule is [C-]#N.[Fe].c1ccc(-c2ccccn2)nc1. The zero-order valence-electron chi connectivity index (χ0n) is 7.81. The van der Waals surface area contributed by atoms with E-state index in [1.807, 2.05) is 36.4 Å². The second-order valence-electron chi connectivity index (χ2n) is 2.43. The van der Waals surface area contributed by atoms with Crippen LogP contribution in [0.25, 0.3) is 11.4 Å². The van der Waals surface area contributed by atoms with E-state index >= 15 is 0 Å². The molecule has 0 aromatic carbocycles.